The smallest absolute Gasteiger partial charge is 0.534 e. The standard InChI is InChI=1S/C18H21BN2O8/c1-3-26-18(24)28-11(2)27-17(23)13-7-4-6-12-10-14(19(25)29-16(12)13)21-15(22)8-5-9-20/h4,6-7,11,14,25H,3,5,8,10H2,1-2H3,(H,21,22)/t11?,14-/m0/s1. The van der Waals surface area contributed by atoms with Crippen LogP contribution in [0.2, 0.25) is 0 Å². The van der Waals surface area contributed by atoms with Crippen LogP contribution in [0.15, 0.2) is 18.2 Å². The van der Waals surface area contributed by atoms with Crippen LogP contribution in [0.25, 0.3) is 0 Å². The molecule has 1 aliphatic rings. The van der Waals surface area contributed by atoms with E-state index in [1.165, 1.54) is 13.0 Å². The van der Waals surface area contributed by atoms with Crippen LogP contribution in [0.5, 0.6) is 5.75 Å². The number of para-hydroxylation sites is 1. The molecule has 0 fully saturated rings. The summed E-state index contributed by atoms with van der Waals surface area (Å²) in [5.41, 5.74) is 0.615. The monoisotopic (exact) mass is 404 g/mol. The first kappa shape index (κ1) is 22.0. The van der Waals surface area contributed by atoms with Crippen molar-refractivity contribution in [3.63, 3.8) is 0 Å². The van der Waals surface area contributed by atoms with Crippen molar-refractivity contribution >= 4 is 25.2 Å². The van der Waals surface area contributed by atoms with E-state index in [1.54, 1.807) is 19.1 Å². The fraction of sp³-hybridized carbons (Fsp3) is 0.444. The second kappa shape index (κ2) is 10.3. The Hall–Kier alpha value is -3.26. The topological polar surface area (TPSA) is 144 Å². The average Bonchev–Trinajstić information content (AvgIpc) is 2.66. The molecule has 0 saturated carbocycles. The summed E-state index contributed by atoms with van der Waals surface area (Å²) < 4.78 is 19.9. The molecule has 1 heterocycles. The number of nitrogens with zero attached hydrogens (tertiary/aromatic N) is 1. The van der Waals surface area contributed by atoms with Crippen LogP contribution in [-0.2, 0) is 25.4 Å². The van der Waals surface area contributed by atoms with Gasteiger partial charge in [0.2, 0.25) is 12.2 Å². The fourth-order valence-electron chi connectivity index (χ4n) is 2.68. The molecule has 154 valence electrons. The van der Waals surface area contributed by atoms with Gasteiger partial charge in [-0.15, -0.1) is 0 Å². The Labute approximate surface area is 167 Å². The zero-order valence-electron chi connectivity index (χ0n) is 16.0. The van der Waals surface area contributed by atoms with E-state index < -0.39 is 31.5 Å². The van der Waals surface area contributed by atoms with Gasteiger partial charge >= 0.3 is 19.2 Å². The SMILES string of the molecule is CCOC(=O)OC(C)OC(=O)c1cccc2c1OB(O)[C@@H](NC(=O)CCC#N)C2. The molecule has 0 aromatic heterocycles. The summed E-state index contributed by atoms with van der Waals surface area (Å²) in [7, 11) is -1.39. The molecule has 1 aromatic rings. The predicted octanol–water partition coefficient (Wildman–Crippen LogP) is 1.11. The number of nitrogens with one attached hydrogen (secondary N) is 1. The van der Waals surface area contributed by atoms with E-state index in [9.17, 15) is 19.4 Å². The Balaban J connectivity index is 2.06. The van der Waals surface area contributed by atoms with Crippen LogP contribution in [0.4, 0.5) is 4.79 Å². The maximum absolute atomic E-state index is 12.4. The Morgan fingerprint density at radius 3 is 2.86 bits per heavy atom. The molecule has 11 heteroatoms. The van der Waals surface area contributed by atoms with Gasteiger partial charge in [0.05, 0.1) is 18.6 Å². The van der Waals surface area contributed by atoms with E-state index in [0.29, 0.717) is 5.56 Å². The number of carbonyl (C=O) groups excluding carboxylic acids is 3. The highest BCUT2D eigenvalue weighted by Crippen LogP contribution is 2.31. The molecule has 0 bridgehead atoms. The van der Waals surface area contributed by atoms with Crippen molar-refractivity contribution in [1.29, 1.82) is 5.26 Å². The first-order valence-corrected chi connectivity index (χ1v) is 9.03. The van der Waals surface area contributed by atoms with E-state index in [4.69, 9.17) is 19.4 Å². The first-order chi connectivity index (χ1) is 13.8. The molecule has 0 aliphatic carbocycles. The van der Waals surface area contributed by atoms with Crippen LogP contribution >= 0.6 is 0 Å². The summed E-state index contributed by atoms with van der Waals surface area (Å²) in [5.74, 6) is -1.81. The Morgan fingerprint density at radius 2 is 2.17 bits per heavy atom. The maximum atomic E-state index is 12.4. The number of hydrogen-bond donors (Lipinski definition) is 2. The number of carbonyl (C=O) groups is 3. The molecule has 1 aliphatic heterocycles. The van der Waals surface area contributed by atoms with E-state index in [0.717, 1.165) is 0 Å². The fourth-order valence-corrected chi connectivity index (χ4v) is 2.68. The number of hydrogen-bond acceptors (Lipinski definition) is 9. The first-order valence-electron chi connectivity index (χ1n) is 9.03. The summed E-state index contributed by atoms with van der Waals surface area (Å²) in [6.45, 7) is 3.08. The predicted molar refractivity (Wildman–Crippen MR) is 98.5 cm³/mol. The van der Waals surface area contributed by atoms with E-state index >= 15 is 0 Å². The van der Waals surface area contributed by atoms with Gasteiger partial charge in [-0.3, -0.25) is 4.79 Å². The zero-order valence-corrected chi connectivity index (χ0v) is 16.0. The molecule has 1 amide bonds. The average molecular weight is 404 g/mol. The Morgan fingerprint density at radius 1 is 1.41 bits per heavy atom. The molecule has 1 aromatic carbocycles. The summed E-state index contributed by atoms with van der Waals surface area (Å²) in [6, 6.07) is 6.60. The van der Waals surface area contributed by atoms with Gasteiger partial charge in [0.25, 0.3) is 0 Å². The molecule has 0 spiro atoms. The molecule has 2 rings (SSSR count). The van der Waals surface area contributed by atoms with Gasteiger partial charge in [0.1, 0.15) is 11.3 Å². The van der Waals surface area contributed by atoms with Crippen LogP contribution in [0.1, 0.15) is 42.6 Å². The third kappa shape index (κ3) is 6.12. The molecule has 1 unspecified atom stereocenters. The summed E-state index contributed by atoms with van der Waals surface area (Å²) in [6.07, 6.45) is -1.88. The maximum Gasteiger partial charge on any atom is 0.547 e. The molecular weight excluding hydrogens is 383 g/mol. The molecule has 29 heavy (non-hydrogen) atoms. The van der Waals surface area contributed by atoms with Gasteiger partial charge in [-0.2, -0.15) is 5.26 Å². The van der Waals surface area contributed by atoms with Gasteiger partial charge < -0.3 is 29.2 Å². The normalized spacial score (nSPS) is 15.8. The zero-order chi connectivity index (χ0) is 21.4. The number of esters is 1. The lowest BCUT2D eigenvalue weighted by molar-refractivity contribution is -0.121. The molecular formula is C18H21BN2O8. The second-order valence-corrected chi connectivity index (χ2v) is 6.11. The molecule has 2 atom stereocenters. The quantitative estimate of drug-likeness (QED) is 0.388. The number of ether oxygens (including phenoxy) is 3. The molecule has 0 radical (unpaired) electrons. The molecule has 10 nitrogen and oxygen atoms in total. The van der Waals surface area contributed by atoms with Crippen LogP contribution in [0, 0.1) is 11.3 Å². The Bertz CT molecular complexity index is 810. The summed E-state index contributed by atoms with van der Waals surface area (Å²) in [4.78, 5) is 35.5. The van der Waals surface area contributed by atoms with Crippen molar-refractivity contribution in [2.75, 3.05) is 6.61 Å². The summed E-state index contributed by atoms with van der Waals surface area (Å²) in [5, 5.41) is 21.4. The number of rotatable bonds is 7. The van der Waals surface area contributed by atoms with E-state index in [-0.39, 0.29) is 43.1 Å². The van der Waals surface area contributed by atoms with Crippen molar-refractivity contribution < 1.29 is 38.3 Å². The largest absolute Gasteiger partial charge is 0.547 e. The number of fused-ring (bicyclic) bond motifs is 1. The number of amides is 1. The third-order valence-electron chi connectivity index (χ3n) is 3.95. The minimum Gasteiger partial charge on any atom is -0.534 e. The minimum atomic E-state index is -1.39. The van der Waals surface area contributed by atoms with Crippen LogP contribution in [-0.4, -0.2) is 49.0 Å². The van der Waals surface area contributed by atoms with Crippen molar-refractivity contribution in [3.05, 3.63) is 29.3 Å². The van der Waals surface area contributed by atoms with Gasteiger partial charge in [-0.25, -0.2) is 9.59 Å². The van der Waals surface area contributed by atoms with Gasteiger partial charge in [0.15, 0.2) is 0 Å². The van der Waals surface area contributed by atoms with Gasteiger partial charge in [0, 0.05) is 19.8 Å². The lowest BCUT2D eigenvalue weighted by Crippen LogP contribution is -2.53. The van der Waals surface area contributed by atoms with E-state index in [2.05, 4.69) is 10.1 Å². The van der Waals surface area contributed by atoms with Crippen LogP contribution in [0.3, 0.4) is 0 Å². The lowest BCUT2D eigenvalue weighted by atomic mass is 9.72. The highest BCUT2D eigenvalue weighted by Gasteiger charge is 2.38. The van der Waals surface area contributed by atoms with Crippen molar-refractivity contribution in [1.82, 2.24) is 5.32 Å². The van der Waals surface area contributed by atoms with Crippen molar-refractivity contribution in [2.24, 2.45) is 0 Å². The van der Waals surface area contributed by atoms with Crippen molar-refractivity contribution in [2.45, 2.75) is 45.3 Å². The number of benzene rings is 1. The van der Waals surface area contributed by atoms with Crippen LogP contribution < -0.4 is 9.97 Å². The molecule has 0 saturated heterocycles. The van der Waals surface area contributed by atoms with E-state index in [1.807, 2.05) is 6.07 Å². The third-order valence-corrected chi connectivity index (χ3v) is 3.95. The lowest BCUT2D eigenvalue weighted by Gasteiger charge is -2.29. The Kier molecular flexibility index (Phi) is 7.85. The van der Waals surface area contributed by atoms with Gasteiger partial charge in [-0.05, 0) is 25.0 Å². The minimum absolute atomic E-state index is 0.0112. The highest BCUT2D eigenvalue weighted by atomic mass is 16.8. The summed E-state index contributed by atoms with van der Waals surface area (Å²) >= 11 is 0. The highest BCUT2D eigenvalue weighted by molar-refractivity contribution is 6.47. The van der Waals surface area contributed by atoms with Crippen molar-refractivity contribution in [3.8, 4) is 11.8 Å². The molecule has 2 N–H and O–H groups in total. The number of nitriles is 1. The second-order valence-electron chi connectivity index (χ2n) is 6.11. The van der Waals surface area contributed by atoms with Gasteiger partial charge in [-0.1, -0.05) is 12.1 Å².